The summed E-state index contributed by atoms with van der Waals surface area (Å²) >= 11 is 0. The molecule has 1 aliphatic heterocycles. The minimum atomic E-state index is -3.21. The van der Waals surface area contributed by atoms with Crippen molar-refractivity contribution >= 4 is 21.4 Å². The molecule has 2 fully saturated rings. The lowest BCUT2D eigenvalue weighted by molar-refractivity contribution is -0.384. The molecule has 3 atom stereocenters. The average Bonchev–Trinajstić information content (AvgIpc) is 3.07. The van der Waals surface area contributed by atoms with Crippen molar-refractivity contribution < 1.29 is 22.6 Å². The van der Waals surface area contributed by atoms with Gasteiger partial charge in [-0.25, -0.2) is 8.42 Å². The van der Waals surface area contributed by atoms with Crippen molar-refractivity contribution in [1.29, 1.82) is 0 Å². The van der Waals surface area contributed by atoms with Crippen molar-refractivity contribution in [3.8, 4) is 0 Å². The lowest BCUT2D eigenvalue weighted by Gasteiger charge is -2.27. The Morgan fingerprint density at radius 1 is 1.31 bits per heavy atom. The average molecular weight is 418 g/mol. The van der Waals surface area contributed by atoms with E-state index in [1.54, 1.807) is 0 Å². The van der Waals surface area contributed by atoms with E-state index in [1.807, 2.05) is 12.1 Å². The van der Waals surface area contributed by atoms with E-state index in [-0.39, 0.29) is 29.3 Å². The van der Waals surface area contributed by atoms with Crippen LogP contribution in [0.4, 0.5) is 5.69 Å². The summed E-state index contributed by atoms with van der Waals surface area (Å²) in [6, 6.07) is 8.73. The van der Waals surface area contributed by atoms with Crippen molar-refractivity contribution in [3.63, 3.8) is 0 Å². The zero-order valence-corrected chi connectivity index (χ0v) is 16.8. The van der Waals surface area contributed by atoms with E-state index in [2.05, 4.69) is 6.92 Å². The smallest absolute Gasteiger partial charge is 0.270 e. The Balaban J connectivity index is 1.61. The summed E-state index contributed by atoms with van der Waals surface area (Å²) in [6.45, 7) is 2.27. The van der Waals surface area contributed by atoms with Gasteiger partial charge < -0.3 is 9.32 Å². The Morgan fingerprint density at radius 2 is 2.07 bits per heavy atom. The Hall–Kier alpha value is -2.68. The van der Waals surface area contributed by atoms with Gasteiger partial charge in [-0.3, -0.25) is 14.9 Å². The number of rotatable bonds is 6. The molecule has 1 saturated heterocycles. The third-order valence-electron chi connectivity index (χ3n) is 5.70. The fourth-order valence-corrected chi connectivity index (χ4v) is 5.60. The summed E-state index contributed by atoms with van der Waals surface area (Å²) in [5.41, 5.74) is -0.0241. The molecule has 29 heavy (non-hydrogen) atoms. The molecular weight excluding hydrogens is 396 g/mol. The van der Waals surface area contributed by atoms with Gasteiger partial charge in [0.25, 0.3) is 11.6 Å². The maximum absolute atomic E-state index is 13.2. The van der Waals surface area contributed by atoms with Gasteiger partial charge in [-0.15, -0.1) is 0 Å². The number of furan rings is 1. The number of nitro groups is 1. The second kappa shape index (κ2) is 7.29. The van der Waals surface area contributed by atoms with Gasteiger partial charge in [-0.1, -0.05) is 13.0 Å². The molecule has 2 aliphatic rings. The first kappa shape index (κ1) is 19.6. The van der Waals surface area contributed by atoms with E-state index < -0.39 is 26.7 Å². The van der Waals surface area contributed by atoms with E-state index in [1.165, 1.54) is 29.2 Å². The van der Waals surface area contributed by atoms with E-state index in [0.717, 1.165) is 12.2 Å². The highest BCUT2D eigenvalue weighted by atomic mass is 32.2. The van der Waals surface area contributed by atoms with Crippen LogP contribution in [-0.2, 0) is 16.4 Å². The first-order valence-corrected chi connectivity index (χ1v) is 11.4. The van der Waals surface area contributed by atoms with E-state index in [9.17, 15) is 23.3 Å². The molecule has 2 heterocycles. The highest BCUT2D eigenvalue weighted by molar-refractivity contribution is 7.91. The standard InChI is InChI=1S/C20H22N2O6S/c1-13-9-18(13)19-6-5-17(28-19)11-21(16-7-8-29(26,27)12-16)20(23)14-3-2-4-15(10-14)22(24)25/h2-6,10,13,16,18H,7-9,11-12H2,1H3. The van der Waals surface area contributed by atoms with Crippen molar-refractivity contribution in [2.24, 2.45) is 5.92 Å². The van der Waals surface area contributed by atoms with Gasteiger partial charge in [-0.05, 0) is 37.0 Å². The summed E-state index contributed by atoms with van der Waals surface area (Å²) < 4.78 is 29.9. The van der Waals surface area contributed by atoms with Gasteiger partial charge in [-0.2, -0.15) is 0 Å². The molecule has 9 heteroatoms. The second-order valence-electron chi connectivity index (χ2n) is 7.92. The monoisotopic (exact) mass is 418 g/mol. The summed E-state index contributed by atoms with van der Waals surface area (Å²) in [6.07, 6.45) is 1.42. The maximum atomic E-state index is 13.2. The van der Waals surface area contributed by atoms with Crippen LogP contribution in [0.1, 0.15) is 47.6 Å². The number of sulfone groups is 1. The molecule has 0 bridgehead atoms. The number of hydrogen-bond acceptors (Lipinski definition) is 6. The van der Waals surface area contributed by atoms with Crippen molar-refractivity contribution in [2.45, 2.75) is 38.3 Å². The Morgan fingerprint density at radius 3 is 2.69 bits per heavy atom. The van der Waals surface area contributed by atoms with Crippen LogP contribution < -0.4 is 0 Å². The highest BCUT2D eigenvalue weighted by Gasteiger charge is 2.38. The summed E-state index contributed by atoms with van der Waals surface area (Å²) in [4.78, 5) is 25.2. The van der Waals surface area contributed by atoms with Gasteiger partial charge in [0.05, 0.1) is 23.0 Å². The number of carbonyl (C=O) groups is 1. The quantitative estimate of drug-likeness (QED) is 0.526. The zero-order chi connectivity index (χ0) is 20.8. The molecule has 1 saturated carbocycles. The van der Waals surface area contributed by atoms with Crippen molar-refractivity contribution in [1.82, 2.24) is 4.90 Å². The molecule has 0 radical (unpaired) electrons. The first-order chi connectivity index (χ1) is 13.7. The molecule has 4 rings (SSSR count). The molecule has 1 amide bonds. The van der Waals surface area contributed by atoms with Gasteiger partial charge in [0.1, 0.15) is 11.5 Å². The molecule has 1 aromatic heterocycles. The minimum absolute atomic E-state index is 0.0272. The Bertz CT molecular complexity index is 1060. The van der Waals surface area contributed by atoms with E-state index >= 15 is 0 Å². The molecule has 1 aliphatic carbocycles. The van der Waals surface area contributed by atoms with Gasteiger partial charge in [0, 0.05) is 29.7 Å². The van der Waals surface area contributed by atoms with Crippen LogP contribution in [0.2, 0.25) is 0 Å². The lowest BCUT2D eigenvalue weighted by atomic mass is 10.1. The molecule has 0 spiro atoms. The second-order valence-corrected chi connectivity index (χ2v) is 10.1. The van der Waals surface area contributed by atoms with Crippen LogP contribution in [0.5, 0.6) is 0 Å². The predicted octanol–water partition coefficient (Wildman–Crippen LogP) is 3.14. The fraction of sp³-hybridized carbons (Fsp3) is 0.450. The van der Waals surface area contributed by atoms with Crippen LogP contribution in [0.25, 0.3) is 0 Å². The summed E-state index contributed by atoms with van der Waals surface area (Å²) in [5.74, 6) is 1.93. The molecule has 8 nitrogen and oxygen atoms in total. The van der Waals surface area contributed by atoms with Crippen LogP contribution in [0.3, 0.4) is 0 Å². The number of benzene rings is 1. The van der Waals surface area contributed by atoms with Crippen LogP contribution in [0, 0.1) is 16.0 Å². The van der Waals surface area contributed by atoms with Crippen molar-refractivity contribution in [2.75, 3.05) is 11.5 Å². The van der Waals surface area contributed by atoms with E-state index in [0.29, 0.717) is 24.0 Å². The molecule has 2 aromatic rings. The number of nitro benzene ring substituents is 1. The number of nitrogens with zero attached hydrogens (tertiary/aromatic N) is 2. The van der Waals surface area contributed by atoms with Gasteiger partial charge >= 0.3 is 0 Å². The number of carbonyl (C=O) groups excluding carboxylic acids is 1. The molecular formula is C20H22N2O6S. The highest BCUT2D eigenvalue weighted by Crippen LogP contribution is 2.47. The minimum Gasteiger partial charge on any atom is -0.464 e. The van der Waals surface area contributed by atoms with Crippen molar-refractivity contribution in [3.05, 3.63) is 63.6 Å². The van der Waals surface area contributed by atoms with E-state index in [4.69, 9.17) is 4.42 Å². The Kier molecular flexibility index (Phi) is 4.94. The summed E-state index contributed by atoms with van der Waals surface area (Å²) in [5, 5.41) is 11.1. The first-order valence-electron chi connectivity index (χ1n) is 9.58. The van der Waals surface area contributed by atoms with Crippen LogP contribution in [0.15, 0.2) is 40.8 Å². The number of non-ortho nitro benzene ring substituents is 1. The molecule has 0 N–H and O–H groups in total. The predicted molar refractivity (Wildman–Crippen MR) is 105 cm³/mol. The number of amides is 1. The third kappa shape index (κ3) is 4.19. The molecule has 3 unspecified atom stereocenters. The molecule has 1 aromatic carbocycles. The van der Waals surface area contributed by atoms with Gasteiger partial charge in [0.15, 0.2) is 9.84 Å². The third-order valence-corrected chi connectivity index (χ3v) is 7.45. The largest absolute Gasteiger partial charge is 0.464 e. The normalized spacial score (nSPS) is 24.9. The Labute approximate surface area is 168 Å². The maximum Gasteiger partial charge on any atom is 0.270 e. The topological polar surface area (TPSA) is 111 Å². The van der Waals surface area contributed by atoms with Crippen LogP contribution >= 0.6 is 0 Å². The number of hydrogen-bond donors (Lipinski definition) is 0. The molecule has 154 valence electrons. The lowest BCUT2D eigenvalue weighted by Crippen LogP contribution is -2.40. The SMILES string of the molecule is CC1CC1c1ccc(CN(C(=O)c2cccc([N+](=O)[O-])c2)C2CCS(=O)(=O)C2)o1. The zero-order valence-electron chi connectivity index (χ0n) is 16.0. The summed E-state index contributed by atoms with van der Waals surface area (Å²) in [7, 11) is -3.21. The van der Waals surface area contributed by atoms with Crippen LogP contribution in [-0.4, -0.2) is 41.7 Å². The fourth-order valence-electron chi connectivity index (χ4n) is 3.87. The van der Waals surface area contributed by atoms with Gasteiger partial charge in [0.2, 0.25) is 0 Å².